The summed E-state index contributed by atoms with van der Waals surface area (Å²) in [7, 11) is 1.42. The predicted octanol–water partition coefficient (Wildman–Crippen LogP) is 0.714. The Morgan fingerprint density at radius 1 is 1.83 bits per heavy atom. The molecule has 0 aromatic carbocycles. The molecule has 1 fully saturated rings. The van der Waals surface area contributed by atoms with Crippen molar-refractivity contribution in [3.05, 3.63) is 12.7 Å². The number of hydrogen-bond donors (Lipinski definition) is 1. The number of carbonyl (C=O) groups excluding carboxylic acids is 1. The van der Waals surface area contributed by atoms with Crippen molar-refractivity contribution in [2.24, 2.45) is 5.92 Å². The van der Waals surface area contributed by atoms with Gasteiger partial charge in [0.1, 0.15) is 6.04 Å². The molecular formula is C9H15NO2. The van der Waals surface area contributed by atoms with Crippen LogP contribution in [-0.2, 0) is 9.53 Å². The second kappa shape index (κ2) is 4.26. The molecule has 1 aliphatic rings. The van der Waals surface area contributed by atoms with Crippen molar-refractivity contribution >= 4 is 5.97 Å². The van der Waals surface area contributed by atoms with Crippen LogP contribution < -0.4 is 5.32 Å². The molecule has 12 heavy (non-hydrogen) atoms. The van der Waals surface area contributed by atoms with Crippen LogP contribution in [0.3, 0.4) is 0 Å². The first kappa shape index (κ1) is 9.26. The lowest BCUT2D eigenvalue weighted by molar-refractivity contribution is -0.143. The Morgan fingerprint density at radius 3 is 3.17 bits per heavy atom. The van der Waals surface area contributed by atoms with Crippen molar-refractivity contribution in [3.63, 3.8) is 0 Å². The first-order valence-corrected chi connectivity index (χ1v) is 4.21. The number of hydrogen-bond acceptors (Lipinski definition) is 3. The van der Waals surface area contributed by atoms with E-state index in [1.165, 1.54) is 7.11 Å². The lowest BCUT2D eigenvalue weighted by atomic mass is 9.97. The highest BCUT2D eigenvalue weighted by molar-refractivity contribution is 5.76. The van der Waals surface area contributed by atoms with Crippen molar-refractivity contribution < 1.29 is 9.53 Å². The second-order valence-electron chi connectivity index (χ2n) is 3.03. The normalized spacial score (nSPS) is 28.4. The highest BCUT2D eigenvalue weighted by Gasteiger charge is 2.32. The number of methoxy groups -OCH3 is 1. The maximum atomic E-state index is 11.2. The Labute approximate surface area is 72.8 Å². The van der Waals surface area contributed by atoms with Gasteiger partial charge in [-0.25, -0.2) is 0 Å². The lowest BCUT2D eigenvalue weighted by Gasteiger charge is -2.14. The molecule has 0 aliphatic carbocycles. The Hall–Kier alpha value is -0.830. The van der Waals surface area contributed by atoms with E-state index in [1.54, 1.807) is 0 Å². The third kappa shape index (κ3) is 1.85. The summed E-state index contributed by atoms with van der Waals surface area (Å²) in [4.78, 5) is 11.2. The van der Waals surface area contributed by atoms with Gasteiger partial charge in [-0.2, -0.15) is 0 Å². The van der Waals surface area contributed by atoms with Gasteiger partial charge in [0, 0.05) is 0 Å². The van der Waals surface area contributed by atoms with Crippen LogP contribution in [0.25, 0.3) is 0 Å². The number of nitrogens with one attached hydrogen (secondary N) is 1. The Bertz CT molecular complexity index is 179. The van der Waals surface area contributed by atoms with Gasteiger partial charge >= 0.3 is 5.97 Å². The second-order valence-corrected chi connectivity index (χ2v) is 3.03. The highest BCUT2D eigenvalue weighted by Crippen LogP contribution is 2.20. The quantitative estimate of drug-likeness (QED) is 0.499. The van der Waals surface area contributed by atoms with Crippen LogP contribution in [0, 0.1) is 5.92 Å². The average molecular weight is 169 g/mol. The zero-order valence-electron chi connectivity index (χ0n) is 7.38. The summed E-state index contributed by atoms with van der Waals surface area (Å²) in [6.45, 7) is 4.56. The Kier molecular flexibility index (Phi) is 3.29. The molecule has 0 amide bonds. The van der Waals surface area contributed by atoms with Crippen LogP contribution >= 0.6 is 0 Å². The largest absolute Gasteiger partial charge is 0.468 e. The van der Waals surface area contributed by atoms with E-state index in [-0.39, 0.29) is 12.0 Å². The van der Waals surface area contributed by atoms with Crippen LogP contribution in [-0.4, -0.2) is 25.7 Å². The molecule has 1 rings (SSSR count). The van der Waals surface area contributed by atoms with Gasteiger partial charge in [-0.15, -0.1) is 6.58 Å². The van der Waals surface area contributed by atoms with Gasteiger partial charge in [-0.3, -0.25) is 4.79 Å². The lowest BCUT2D eigenvalue weighted by Crippen LogP contribution is -2.36. The fourth-order valence-electron chi connectivity index (χ4n) is 1.63. The van der Waals surface area contributed by atoms with Gasteiger partial charge in [-0.1, -0.05) is 6.08 Å². The summed E-state index contributed by atoms with van der Waals surface area (Å²) in [6, 6.07) is -0.118. The minimum absolute atomic E-state index is 0.118. The van der Waals surface area contributed by atoms with Crippen LogP contribution in [0.15, 0.2) is 12.7 Å². The molecule has 1 heterocycles. The first-order chi connectivity index (χ1) is 5.79. The summed E-state index contributed by atoms with van der Waals surface area (Å²) in [5.41, 5.74) is 0. The summed E-state index contributed by atoms with van der Waals surface area (Å²) in [5.74, 6) is 0.217. The molecule has 0 aromatic rings. The number of esters is 1. The van der Waals surface area contributed by atoms with Crippen LogP contribution in [0.4, 0.5) is 0 Å². The van der Waals surface area contributed by atoms with Gasteiger partial charge in [0.25, 0.3) is 0 Å². The fourth-order valence-corrected chi connectivity index (χ4v) is 1.63. The maximum Gasteiger partial charge on any atom is 0.323 e. The van der Waals surface area contributed by atoms with Crippen LogP contribution in [0.1, 0.15) is 12.8 Å². The van der Waals surface area contributed by atoms with Crippen LogP contribution in [0.5, 0.6) is 0 Å². The van der Waals surface area contributed by atoms with Gasteiger partial charge in [-0.05, 0) is 25.3 Å². The first-order valence-electron chi connectivity index (χ1n) is 4.21. The molecule has 1 N–H and O–H groups in total. The zero-order chi connectivity index (χ0) is 8.97. The van der Waals surface area contributed by atoms with E-state index in [1.807, 2.05) is 6.08 Å². The smallest absolute Gasteiger partial charge is 0.323 e. The highest BCUT2D eigenvalue weighted by atomic mass is 16.5. The Balaban J connectivity index is 2.50. The van der Waals surface area contributed by atoms with Crippen molar-refractivity contribution in [1.29, 1.82) is 0 Å². The van der Waals surface area contributed by atoms with E-state index < -0.39 is 0 Å². The summed E-state index contributed by atoms with van der Waals surface area (Å²) >= 11 is 0. The molecule has 0 radical (unpaired) electrons. The van der Waals surface area contributed by atoms with Gasteiger partial charge in [0.05, 0.1) is 7.11 Å². The van der Waals surface area contributed by atoms with E-state index >= 15 is 0 Å². The number of allylic oxidation sites excluding steroid dienone is 1. The van der Waals surface area contributed by atoms with E-state index in [2.05, 4.69) is 16.6 Å². The standard InChI is InChI=1S/C9H15NO2/c1-3-4-7-5-6-10-8(7)9(11)12-2/h3,7-8,10H,1,4-6H2,2H3/t7-,8?/m1/s1. The average Bonchev–Trinajstić information content (AvgIpc) is 2.52. The van der Waals surface area contributed by atoms with E-state index in [0.29, 0.717) is 5.92 Å². The third-order valence-corrected chi connectivity index (χ3v) is 2.28. The summed E-state index contributed by atoms with van der Waals surface area (Å²) in [5, 5.41) is 3.12. The maximum absolute atomic E-state index is 11.2. The van der Waals surface area contributed by atoms with Crippen molar-refractivity contribution in [3.8, 4) is 0 Å². The number of carbonyl (C=O) groups is 1. The SMILES string of the molecule is C=CC[C@@H]1CCNC1C(=O)OC. The van der Waals surface area contributed by atoms with Crippen molar-refractivity contribution in [2.75, 3.05) is 13.7 Å². The molecule has 1 saturated heterocycles. The Morgan fingerprint density at radius 2 is 2.58 bits per heavy atom. The van der Waals surface area contributed by atoms with Gasteiger partial charge in [0.2, 0.25) is 0 Å². The van der Waals surface area contributed by atoms with Crippen molar-refractivity contribution in [2.45, 2.75) is 18.9 Å². The van der Waals surface area contributed by atoms with Crippen LogP contribution in [0.2, 0.25) is 0 Å². The number of ether oxygens (including phenoxy) is 1. The summed E-state index contributed by atoms with van der Waals surface area (Å²) < 4.78 is 4.67. The molecule has 68 valence electrons. The monoisotopic (exact) mass is 169 g/mol. The van der Waals surface area contributed by atoms with E-state index in [0.717, 1.165) is 19.4 Å². The van der Waals surface area contributed by atoms with Crippen molar-refractivity contribution in [1.82, 2.24) is 5.32 Å². The van der Waals surface area contributed by atoms with E-state index in [9.17, 15) is 4.79 Å². The minimum Gasteiger partial charge on any atom is -0.468 e. The molecule has 1 unspecified atom stereocenters. The molecule has 3 heteroatoms. The molecule has 0 aromatic heterocycles. The summed E-state index contributed by atoms with van der Waals surface area (Å²) in [6.07, 6.45) is 3.77. The topological polar surface area (TPSA) is 38.3 Å². The minimum atomic E-state index is -0.153. The fraction of sp³-hybridized carbons (Fsp3) is 0.667. The molecule has 1 aliphatic heterocycles. The third-order valence-electron chi connectivity index (χ3n) is 2.28. The molecule has 0 bridgehead atoms. The molecule has 0 spiro atoms. The predicted molar refractivity (Wildman–Crippen MR) is 46.7 cm³/mol. The van der Waals surface area contributed by atoms with E-state index in [4.69, 9.17) is 0 Å². The molecule has 2 atom stereocenters. The zero-order valence-corrected chi connectivity index (χ0v) is 7.38. The number of rotatable bonds is 3. The molecule has 0 saturated carbocycles. The van der Waals surface area contributed by atoms with Gasteiger partial charge < -0.3 is 10.1 Å². The molecular weight excluding hydrogens is 154 g/mol. The molecule has 3 nitrogen and oxygen atoms in total. The van der Waals surface area contributed by atoms with Gasteiger partial charge in [0.15, 0.2) is 0 Å².